The van der Waals surface area contributed by atoms with E-state index in [9.17, 15) is 9.90 Å². The van der Waals surface area contributed by atoms with E-state index >= 15 is 0 Å². The summed E-state index contributed by atoms with van der Waals surface area (Å²) >= 11 is 0. The number of ether oxygens (including phenoxy) is 1. The summed E-state index contributed by atoms with van der Waals surface area (Å²) in [7, 11) is 1.83. The SMILES string of the molecule is Cc1nc(-c2nnn(C)c2Cn2nnc(N3CCCC3)n2)ccc1O[C@H]1CCC[C@H](C(=O)O)C1. The summed E-state index contributed by atoms with van der Waals surface area (Å²) in [6, 6.07) is 3.73. The van der Waals surface area contributed by atoms with Crippen molar-refractivity contribution in [2.24, 2.45) is 13.0 Å². The number of carboxylic acid groups (broad SMARTS) is 1. The Morgan fingerprint density at radius 2 is 1.97 bits per heavy atom. The molecule has 0 bridgehead atoms. The zero-order valence-electron chi connectivity index (χ0n) is 19.5. The molecule has 2 fully saturated rings. The maximum Gasteiger partial charge on any atom is 0.306 e. The monoisotopic (exact) mass is 467 g/mol. The van der Waals surface area contributed by atoms with E-state index in [1.54, 1.807) is 9.48 Å². The Morgan fingerprint density at radius 1 is 1.15 bits per heavy atom. The van der Waals surface area contributed by atoms with E-state index in [2.05, 4.69) is 30.6 Å². The Balaban J connectivity index is 1.32. The fourth-order valence-corrected chi connectivity index (χ4v) is 4.69. The first-order valence-electron chi connectivity index (χ1n) is 11.8. The van der Waals surface area contributed by atoms with Crippen LogP contribution in [0.1, 0.15) is 49.9 Å². The Hall–Kier alpha value is -3.57. The predicted octanol–water partition coefficient (Wildman–Crippen LogP) is 1.84. The normalized spacial score (nSPS) is 20.6. The molecule has 2 aliphatic rings. The van der Waals surface area contributed by atoms with Crippen molar-refractivity contribution in [2.75, 3.05) is 18.0 Å². The van der Waals surface area contributed by atoms with Gasteiger partial charge in [0.15, 0.2) is 0 Å². The predicted molar refractivity (Wildman–Crippen MR) is 121 cm³/mol. The van der Waals surface area contributed by atoms with Crippen molar-refractivity contribution in [1.82, 2.24) is 40.2 Å². The molecule has 3 aromatic rings. The molecule has 12 nitrogen and oxygen atoms in total. The number of nitrogens with zero attached hydrogens (tertiary/aromatic N) is 9. The van der Waals surface area contributed by atoms with Crippen LogP contribution < -0.4 is 9.64 Å². The van der Waals surface area contributed by atoms with Crippen LogP contribution in [0, 0.1) is 12.8 Å². The molecule has 1 aliphatic carbocycles. The van der Waals surface area contributed by atoms with Gasteiger partial charge in [0.1, 0.15) is 18.0 Å². The largest absolute Gasteiger partial charge is 0.489 e. The third-order valence-corrected chi connectivity index (χ3v) is 6.61. The Kier molecular flexibility index (Phi) is 6.12. The lowest BCUT2D eigenvalue weighted by molar-refractivity contribution is -0.143. The van der Waals surface area contributed by atoms with Crippen LogP contribution in [0.25, 0.3) is 11.4 Å². The molecular formula is C22H29N9O3. The van der Waals surface area contributed by atoms with Gasteiger partial charge >= 0.3 is 5.97 Å². The van der Waals surface area contributed by atoms with Gasteiger partial charge < -0.3 is 14.7 Å². The molecule has 3 aromatic heterocycles. The molecule has 34 heavy (non-hydrogen) atoms. The third kappa shape index (κ3) is 4.57. The van der Waals surface area contributed by atoms with Crippen LogP contribution in [0.15, 0.2) is 12.1 Å². The number of anilines is 1. The highest BCUT2D eigenvalue weighted by Crippen LogP contribution is 2.30. The quantitative estimate of drug-likeness (QED) is 0.548. The number of tetrazole rings is 1. The Bertz CT molecular complexity index is 1170. The molecule has 0 radical (unpaired) electrons. The van der Waals surface area contributed by atoms with E-state index < -0.39 is 5.97 Å². The van der Waals surface area contributed by atoms with Gasteiger partial charge in [-0.1, -0.05) is 10.3 Å². The number of hydrogen-bond acceptors (Lipinski definition) is 9. The van der Waals surface area contributed by atoms with Crippen molar-refractivity contribution >= 4 is 11.9 Å². The summed E-state index contributed by atoms with van der Waals surface area (Å²) in [4.78, 5) is 19.8. The van der Waals surface area contributed by atoms with Gasteiger partial charge in [0.25, 0.3) is 5.95 Å². The van der Waals surface area contributed by atoms with E-state index in [0.717, 1.165) is 50.2 Å². The second-order valence-corrected chi connectivity index (χ2v) is 9.04. The Morgan fingerprint density at radius 3 is 2.74 bits per heavy atom. The van der Waals surface area contributed by atoms with Gasteiger partial charge in [0, 0.05) is 20.1 Å². The van der Waals surface area contributed by atoms with Crippen LogP contribution in [0.4, 0.5) is 5.95 Å². The summed E-state index contributed by atoms with van der Waals surface area (Å²) < 4.78 is 7.83. The van der Waals surface area contributed by atoms with Gasteiger partial charge in [-0.3, -0.25) is 4.79 Å². The van der Waals surface area contributed by atoms with Gasteiger partial charge in [0.05, 0.1) is 29.1 Å². The second kappa shape index (κ2) is 9.35. The molecule has 0 unspecified atom stereocenters. The minimum Gasteiger partial charge on any atom is -0.489 e. The fourth-order valence-electron chi connectivity index (χ4n) is 4.69. The number of hydrogen-bond donors (Lipinski definition) is 1. The first kappa shape index (κ1) is 22.2. The number of rotatable bonds is 7. The molecule has 4 heterocycles. The summed E-state index contributed by atoms with van der Waals surface area (Å²) in [5.41, 5.74) is 2.88. The minimum atomic E-state index is -0.747. The molecule has 180 valence electrons. The molecule has 1 saturated heterocycles. The van der Waals surface area contributed by atoms with Crippen LogP contribution in [-0.4, -0.2) is 70.5 Å². The van der Waals surface area contributed by atoms with Crippen molar-refractivity contribution in [3.8, 4) is 17.1 Å². The number of carboxylic acids is 1. The number of aromatic nitrogens is 8. The van der Waals surface area contributed by atoms with Gasteiger partial charge in [-0.15, -0.1) is 10.2 Å². The van der Waals surface area contributed by atoms with E-state index in [4.69, 9.17) is 9.72 Å². The van der Waals surface area contributed by atoms with Crippen LogP contribution in [0.3, 0.4) is 0 Å². The van der Waals surface area contributed by atoms with Gasteiger partial charge in [0.2, 0.25) is 0 Å². The number of pyridine rings is 1. The summed E-state index contributed by atoms with van der Waals surface area (Å²) in [6.07, 6.45) is 5.12. The van der Waals surface area contributed by atoms with Gasteiger partial charge in [-0.2, -0.15) is 4.80 Å². The summed E-state index contributed by atoms with van der Waals surface area (Å²) in [5, 5.41) is 30.8. The average Bonchev–Trinajstić information content (AvgIpc) is 3.58. The van der Waals surface area contributed by atoms with Crippen LogP contribution in [0.5, 0.6) is 5.75 Å². The van der Waals surface area contributed by atoms with Crippen molar-refractivity contribution < 1.29 is 14.6 Å². The molecule has 1 N–H and O–H groups in total. The lowest BCUT2D eigenvalue weighted by Crippen LogP contribution is -2.29. The maximum absolute atomic E-state index is 11.4. The molecule has 0 aromatic carbocycles. The standard InChI is InChI=1S/C22H29N9O3/c1-14-19(34-16-7-5-6-15(12-16)21(32)33)9-8-17(23-14)20-18(29(2)27-24-20)13-31-26-22(25-28-31)30-10-3-4-11-30/h8-9,15-16H,3-7,10-13H2,1-2H3,(H,32,33)/t15-,16-/m0/s1. The zero-order chi connectivity index (χ0) is 23.7. The van der Waals surface area contributed by atoms with Crippen LogP contribution in [0.2, 0.25) is 0 Å². The first-order valence-corrected chi connectivity index (χ1v) is 11.8. The molecule has 1 saturated carbocycles. The minimum absolute atomic E-state index is 0.114. The summed E-state index contributed by atoms with van der Waals surface area (Å²) in [6.45, 7) is 4.17. The Labute approximate surface area is 196 Å². The smallest absolute Gasteiger partial charge is 0.306 e. The number of carbonyl (C=O) groups is 1. The molecule has 5 rings (SSSR count). The number of aliphatic carboxylic acids is 1. The van der Waals surface area contributed by atoms with Crippen molar-refractivity contribution in [1.29, 1.82) is 0 Å². The van der Waals surface area contributed by atoms with Gasteiger partial charge in [-0.25, -0.2) is 9.67 Å². The van der Waals surface area contributed by atoms with Crippen LogP contribution in [-0.2, 0) is 18.4 Å². The lowest BCUT2D eigenvalue weighted by atomic mass is 9.87. The highest BCUT2D eigenvalue weighted by Gasteiger charge is 2.28. The summed E-state index contributed by atoms with van der Waals surface area (Å²) in [5.74, 6) is 0.226. The van der Waals surface area contributed by atoms with E-state index in [1.807, 2.05) is 26.1 Å². The highest BCUT2D eigenvalue weighted by atomic mass is 16.5. The zero-order valence-corrected chi connectivity index (χ0v) is 19.5. The van der Waals surface area contributed by atoms with E-state index in [-0.39, 0.29) is 12.0 Å². The molecule has 0 amide bonds. The highest BCUT2D eigenvalue weighted by molar-refractivity contribution is 5.70. The molecule has 2 atom stereocenters. The molecular weight excluding hydrogens is 438 g/mol. The number of aryl methyl sites for hydroxylation is 2. The maximum atomic E-state index is 11.4. The second-order valence-electron chi connectivity index (χ2n) is 9.04. The van der Waals surface area contributed by atoms with E-state index in [1.165, 1.54) is 0 Å². The van der Waals surface area contributed by atoms with Crippen molar-refractivity contribution in [3.63, 3.8) is 0 Å². The van der Waals surface area contributed by atoms with Crippen molar-refractivity contribution in [2.45, 2.75) is 58.1 Å². The molecule has 0 spiro atoms. The topological polar surface area (TPSA) is 137 Å². The molecule has 12 heteroatoms. The van der Waals surface area contributed by atoms with Crippen molar-refractivity contribution in [3.05, 3.63) is 23.5 Å². The van der Waals surface area contributed by atoms with E-state index in [0.29, 0.717) is 42.5 Å². The fraction of sp³-hybridized carbons (Fsp3) is 0.591. The van der Waals surface area contributed by atoms with Crippen LogP contribution >= 0.6 is 0 Å². The average molecular weight is 468 g/mol. The molecule has 1 aliphatic heterocycles. The first-order chi connectivity index (χ1) is 16.5. The van der Waals surface area contributed by atoms with Gasteiger partial charge in [-0.05, 0) is 62.8 Å². The third-order valence-electron chi connectivity index (χ3n) is 6.61. The lowest BCUT2D eigenvalue weighted by Gasteiger charge is -2.27.